The first kappa shape index (κ1) is 15.8. The van der Waals surface area contributed by atoms with E-state index in [0.29, 0.717) is 0 Å². The van der Waals surface area contributed by atoms with Crippen molar-refractivity contribution in [2.24, 2.45) is 0 Å². The van der Waals surface area contributed by atoms with E-state index < -0.39 is 17.7 Å². The molecule has 0 bridgehead atoms. The first-order valence-electron chi connectivity index (χ1n) is 6.45. The molecular weight excluding hydrogens is 295 g/mol. The Hall–Kier alpha value is -2.61. The number of benzene rings is 1. The summed E-state index contributed by atoms with van der Waals surface area (Å²) in [6, 6.07) is 3.19. The Kier molecular flexibility index (Phi) is 4.62. The molecule has 0 fully saturated rings. The van der Waals surface area contributed by atoms with E-state index in [9.17, 15) is 19.1 Å². The van der Waals surface area contributed by atoms with Gasteiger partial charge in [0.1, 0.15) is 17.3 Å². The van der Waals surface area contributed by atoms with Gasteiger partial charge < -0.3 is 25.2 Å². The molecule has 1 aliphatic rings. The zero-order chi connectivity index (χ0) is 16.3. The third-order valence-corrected chi connectivity index (χ3v) is 3.17. The lowest BCUT2D eigenvalue weighted by molar-refractivity contribution is -0.136. The van der Waals surface area contributed by atoms with Crippen LogP contribution in [0.2, 0.25) is 0 Å². The highest BCUT2D eigenvalue weighted by molar-refractivity contribution is 6.08. The summed E-state index contributed by atoms with van der Waals surface area (Å²) < 4.78 is 17.9. The van der Waals surface area contributed by atoms with Crippen LogP contribution in [0.5, 0.6) is 5.75 Å². The van der Waals surface area contributed by atoms with Crippen molar-refractivity contribution in [3.63, 3.8) is 0 Å². The minimum atomic E-state index is -0.716. The number of aromatic hydroxyl groups is 1. The van der Waals surface area contributed by atoms with Crippen molar-refractivity contribution in [2.45, 2.75) is 0 Å². The van der Waals surface area contributed by atoms with Crippen LogP contribution in [0.15, 0.2) is 29.5 Å². The number of aliphatic hydroxyl groups excluding tert-OH is 1. The quantitative estimate of drug-likeness (QED) is 0.531. The van der Waals surface area contributed by atoms with Crippen molar-refractivity contribution in [1.29, 1.82) is 0 Å². The van der Waals surface area contributed by atoms with E-state index in [0.717, 1.165) is 18.2 Å². The highest BCUT2D eigenvalue weighted by atomic mass is 19.1. The summed E-state index contributed by atoms with van der Waals surface area (Å²) in [5.41, 5.74) is -0.110. The van der Waals surface area contributed by atoms with Crippen molar-refractivity contribution < 1.29 is 28.9 Å². The van der Waals surface area contributed by atoms with E-state index in [-0.39, 0.29) is 42.4 Å². The number of aliphatic hydroxyl groups is 1. The molecule has 0 atom stereocenters. The number of rotatable bonds is 5. The van der Waals surface area contributed by atoms with Crippen LogP contribution < -0.4 is 5.32 Å². The standard InChI is InChI=1S/C14H15FN2O5/c1-22-14(21)9-7-17(4-5-18)13(20)12(9)16-10-6-8(15)2-3-11(10)19/h2-3,6,16,18-19H,4-5,7H2,1H3. The monoisotopic (exact) mass is 310 g/mol. The van der Waals surface area contributed by atoms with E-state index in [2.05, 4.69) is 10.1 Å². The van der Waals surface area contributed by atoms with Crippen molar-refractivity contribution in [1.82, 2.24) is 4.90 Å². The van der Waals surface area contributed by atoms with Crippen LogP contribution in [-0.4, -0.2) is 53.8 Å². The second-order valence-electron chi connectivity index (χ2n) is 4.58. The normalized spacial score (nSPS) is 14.5. The zero-order valence-electron chi connectivity index (χ0n) is 11.8. The fourth-order valence-electron chi connectivity index (χ4n) is 2.09. The SMILES string of the molecule is COC(=O)C1=C(Nc2cc(F)ccc2O)C(=O)N(CCO)C1. The van der Waals surface area contributed by atoms with Gasteiger partial charge in [0.25, 0.3) is 5.91 Å². The van der Waals surface area contributed by atoms with E-state index in [1.54, 1.807) is 0 Å². The van der Waals surface area contributed by atoms with Gasteiger partial charge >= 0.3 is 5.97 Å². The van der Waals surface area contributed by atoms with Gasteiger partial charge in [-0.1, -0.05) is 0 Å². The largest absolute Gasteiger partial charge is 0.506 e. The molecule has 3 N–H and O–H groups in total. The van der Waals surface area contributed by atoms with Crippen molar-refractivity contribution in [3.8, 4) is 5.75 Å². The summed E-state index contributed by atoms with van der Waals surface area (Å²) in [6.45, 7) is -0.261. The summed E-state index contributed by atoms with van der Waals surface area (Å²) in [5, 5.41) is 21.2. The van der Waals surface area contributed by atoms with Gasteiger partial charge in [-0.3, -0.25) is 4.79 Å². The predicted octanol–water partition coefficient (Wildman–Crippen LogP) is 0.205. The number of hydrogen-bond donors (Lipinski definition) is 3. The van der Waals surface area contributed by atoms with Crippen molar-refractivity contribution in [2.75, 3.05) is 32.1 Å². The van der Waals surface area contributed by atoms with Gasteiger partial charge in [0, 0.05) is 12.6 Å². The number of β-amino-alcohol motifs (C(OH)–C–C–N with tert-alkyl or cyclic N) is 1. The Labute approximate surface area is 125 Å². The van der Waals surface area contributed by atoms with E-state index in [1.807, 2.05) is 0 Å². The van der Waals surface area contributed by atoms with Gasteiger partial charge in [0.15, 0.2) is 0 Å². The number of esters is 1. The molecule has 0 saturated heterocycles. The predicted molar refractivity (Wildman–Crippen MR) is 74.4 cm³/mol. The summed E-state index contributed by atoms with van der Waals surface area (Å²) in [7, 11) is 1.17. The molecule has 1 heterocycles. The number of phenols is 1. The number of phenolic OH excluding ortho intramolecular Hbond substituents is 1. The first-order valence-corrected chi connectivity index (χ1v) is 6.45. The molecule has 118 valence electrons. The van der Waals surface area contributed by atoms with E-state index in [1.165, 1.54) is 12.0 Å². The number of ether oxygens (including phenoxy) is 1. The summed E-state index contributed by atoms with van der Waals surface area (Å²) in [6.07, 6.45) is 0. The fraction of sp³-hybridized carbons (Fsp3) is 0.286. The Bertz CT molecular complexity index is 644. The number of hydrogen-bond acceptors (Lipinski definition) is 6. The second kappa shape index (κ2) is 6.44. The van der Waals surface area contributed by atoms with Crippen LogP contribution in [0.4, 0.5) is 10.1 Å². The van der Waals surface area contributed by atoms with Crippen LogP contribution >= 0.6 is 0 Å². The summed E-state index contributed by atoms with van der Waals surface area (Å²) in [4.78, 5) is 25.2. The highest BCUT2D eigenvalue weighted by Crippen LogP contribution is 2.28. The third kappa shape index (κ3) is 3.01. The topological polar surface area (TPSA) is 99.1 Å². The molecule has 22 heavy (non-hydrogen) atoms. The van der Waals surface area contributed by atoms with Gasteiger partial charge in [-0.05, 0) is 12.1 Å². The number of methoxy groups -OCH3 is 1. The van der Waals surface area contributed by atoms with Gasteiger partial charge in [0.2, 0.25) is 0 Å². The lowest BCUT2D eigenvalue weighted by atomic mass is 10.2. The smallest absolute Gasteiger partial charge is 0.337 e. The molecule has 0 saturated carbocycles. The molecule has 2 rings (SSSR count). The maximum absolute atomic E-state index is 13.3. The van der Waals surface area contributed by atoms with Crippen LogP contribution in [0.25, 0.3) is 0 Å². The van der Waals surface area contributed by atoms with Crippen molar-refractivity contribution >= 4 is 17.6 Å². The maximum atomic E-state index is 13.3. The number of amides is 1. The molecule has 1 amide bonds. The summed E-state index contributed by atoms with van der Waals surface area (Å²) in [5.74, 6) is -2.14. The van der Waals surface area contributed by atoms with Crippen LogP contribution in [0.1, 0.15) is 0 Å². The Morgan fingerprint density at radius 3 is 2.86 bits per heavy atom. The molecular formula is C14H15FN2O5. The molecule has 0 unspecified atom stereocenters. The van der Waals surface area contributed by atoms with Gasteiger partial charge in [-0.2, -0.15) is 0 Å². The molecule has 1 aromatic carbocycles. The number of carbonyl (C=O) groups is 2. The minimum absolute atomic E-state index is 0.0372. The Morgan fingerprint density at radius 1 is 1.50 bits per heavy atom. The lowest BCUT2D eigenvalue weighted by Gasteiger charge is -2.15. The molecule has 0 aromatic heterocycles. The molecule has 0 radical (unpaired) electrons. The maximum Gasteiger partial charge on any atom is 0.337 e. The van der Waals surface area contributed by atoms with Crippen molar-refractivity contribution in [3.05, 3.63) is 35.3 Å². The summed E-state index contributed by atoms with van der Waals surface area (Å²) >= 11 is 0. The molecule has 0 spiro atoms. The van der Waals surface area contributed by atoms with E-state index in [4.69, 9.17) is 5.11 Å². The molecule has 8 heteroatoms. The lowest BCUT2D eigenvalue weighted by Crippen LogP contribution is -2.31. The zero-order valence-corrected chi connectivity index (χ0v) is 11.8. The highest BCUT2D eigenvalue weighted by Gasteiger charge is 2.34. The van der Waals surface area contributed by atoms with Crippen LogP contribution in [0, 0.1) is 5.82 Å². The number of nitrogens with one attached hydrogen (secondary N) is 1. The van der Waals surface area contributed by atoms with E-state index >= 15 is 0 Å². The van der Waals surface area contributed by atoms with Crippen LogP contribution in [0.3, 0.4) is 0 Å². The number of nitrogens with zero attached hydrogens (tertiary/aromatic N) is 1. The molecule has 1 aliphatic heterocycles. The molecule has 1 aromatic rings. The fourth-order valence-corrected chi connectivity index (χ4v) is 2.09. The number of anilines is 1. The Balaban J connectivity index is 2.36. The average molecular weight is 310 g/mol. The minimum Gasteiger partial charge on any atom is -0.506 e. The van der Waals surface area contributed by atoms with Crippen LogP contribution in [-0.2, 0) is 14.3 Å². The number of halogens is 1. The van der Waals surface area contributed by atoms with Gasteiger partial charge in [0.05, 0.1) is 31.5 Å². The second-order valence-corrected chi connectivity index (χ2v) is 4.58. The third-order valence-electron chi connectivity index (χ3n) is 3.17. The Morgan fingerprint density at radius 2 is 2.23 bits per heavy atom. The molecule has 0 aliphatic carbocycles. The van der Waals surface area contributed by atoms with Gasteiger partial charge in [-0.15, -0.1) is 0 Å². The number of carbonyl (C=O) groups excluding carboxylic acids is 2. The average Bonchev–Trinajstić information content (AvgIpc) is 2.80. The first-order chi connectivity index (χ1) is 10.5. The molecule has 7 nitrogen and oxygen atoms in total. The van der Waals surface area contributed by atoms with Gasteiger partial charge in [-0.25, -0.2) is 9.18 Å².